The summed E-state index contributed by atoms with van der Waals surface area (Å²) in [5, 5.41) is 7.04. The Labute approximate surface area is 141 Å². The second-order valence-electron chi connectivity index (χ2n) is 5.16. The van der Waals surface area contributed by atoms with E-state index in [4.69, 9.17) is 0 Å². The molecule has 1 aromatic carbocycles. The Bertz CT molecular complexity index is 889. The maximum atomic E-state index is 13.3. The topological polar surface area (TPSA) is 76.0 Å². The zero-order chi connectivity index (χ0) is 17.1. The molecular formula is C16H15FN4O2S. The Morgan fingerprint density at radius 2 is 2.12 bits per heavy atom. The van der Waals surface area contributed by atoms with Gasteiger partial charge < -0.3 is 15.2 Å². The Morgan fingerprint density at radius 1 is 1.29 bits per heavy atom. The number of carbonyl (C=O) groups excluding carboxylic acids is 2. The second kappa shape index (κ2) is 6.79. The number of amides is 2. The number of thiophene rings is 1. The van der Waals surface area contributed by atoms with Crippen molar-refractivity contribution >= 4 is 34.2 Å². The average Bonchev–Trinajstić information content (AvgIpc) is 3.20. The number of hydrogen-bond acceptors (Lipinski definition) is 4. The van der Waals surface area contributed by atoms with Crippen molar-refractivity contribution in [2.45, 2.75) is 6.54 Å². The van der Waals surface area contributed by atoms with Crippen LogP contribution in [0.5, 0.6) is 0 Å². The van der Waals surface area contributed by atoms with Gasteiger partial charge in [0.05, 0.1) is 29.0 Å². The van der Waals surface area contributed by atoms with Crippen LogP contribution in [-0.2, 0) is 18.4 Å². The summed E-state index contributed by atoms with van der Waals surface area (Å²) in [7, 11) is 1.76. The van der Waals surface area contributed by atoms with Gasteiger partial charge in [0.15, 0.2) is 0 Å². The van der Waals surface area contributed by atoms with Gasteiger partial charge in [-0.05, 0) is 29.6 Å². The van der Waals surface area contributed by atoms with Gasteiger partial charge in [-0.2, -0.15) is 0 Å². The second-order valence-corrected chi connectivity index (χ2v) is 6.10. The number of benzene rings is 1. The predicted octanol–water partition coefficient (Wildman–Crippen LogP) is 1.82. The third kappa shape index (κ3) is 3.43. The quantitative estimate of drug-likeness (QED) is 0.740. The van der Waals surface area contributed by atoms with E-state index in [9.17, 15) is 14.0 Å². The Balaban J connectivity index is 1.56. The fourth-order valence-corrected chi connectivity index (χ4v) is 2.91. The van der Waals surface area contributed by atoms with Gasteiger partial charge in [-0.1, -0.05) is 6.07 Å². The number of halogens is 1. The molecule has 24 heavy (non-hydrogen) atoms. The molecule has 2 heterocycles. The fourth-order valence-electron chi connectivity index (χ4n) is 2.27. The molecule has 0 aliphatic carbocycles. The van der Waals surface area contributed by atoms with Crippen LogP contribution < -0.4 is 10.6 Å². The van der Waals surface area contributed by atoms with Gasteiger partial charge >= 0.3 is 0 Å². The first-order chi connectivity index (χ1) is 11.5. The summed E-state index contributed by atoms with van der Waals surface area (Å²) in [5.41, 5.74) is 1.32. The molecule has 0 atom stereocenters. The van der Waals surface area contributed by atoms with E-state index in [0.717, 1.165) is 0 Å². The van der Waals surface area contributed by atoms with Crippen molar-refractivity contribution in [1.29, 1.82) is 0 Å². The summed E-state index contributed by atoms with van der Waals surface area (Å²) in [4.78, 5) is 28.5. The average molecular weight is 346 g/mol. The Morgan fingerprint density at radius 3 is 2.88 bits per heavy atom. The normalized spacial score (nSPS) is 10.8. The molecule has 6 nitrogen and oxygen atoms in total. The van der Waals surface area contributed by atoms with Crippen molar-refractivity contribution in [3.63, 3.8) is 0 Å². The van der Waals surface area contributed by atoms with E-state index in [1.54, 1.807) is 35.2 Å². The molecule has 3 aromatic rings. The van der Waals surface area contributed by atoms with Gasteiger partial charge in [0.25, 0.3) is 5.91 Å². The van der Waals surface area contributed by atoms with Crippen LogP contribution >= 0.6 is 11.3 Å². The van der Waals surface area contributed by atoms with E-state index >= 15 is 0 Å². The molecule has 0 bridgehead atoms. The molecule has 0 aliphatic rings. The summed E-state index contributed by atoms with van der Waals surface area (Å²) >= 11 is 1.31. The van der Waals surface area contributed by atoms with E-state index < -0.39 is 0 Å². The number of hydrogen-bond donors (Lipinski definition) is 2. The third-order valence-corrected chi connectivity index (χ3v) is 4.40. The lowest BCUT2D eigenvalue weighted by Crippen LogP contribution is -2.36. The zero-order valence-electron chi connectivity index (χ0n) is 12.9. The van der Waals surface area contributed by atoms with Crippen molar-refractivity contribution in [1.82, 2.24) is 20.2 Å². The largest absolute Gasteiger partial charge is 0.347 e. The van der Waals surface area contributed by atoms with E-state index in [-0.39, 0.29) is 30.7 Å². The van der Waals surface area contributed by atoms with Gasteiger partial charge in [0, 0.05) is 7.05 Å². The lowest BCUT2D eigenvalue weighted by Gasteiger charge is -2.06. The summed E-state index contributed by atoms with van der Waals surface area (Å²) in [6.45, 7) is 0.0792. The number of aromatic nitrogens is 2. The maximum absolute atomic E-state index is 13.3. The van der Waals surface area contributed by atoms with Crippen LogP contribution in [0.25, 0.3) is 11.0 Å². The molecule has 2 N–H and O–H groups in total. The molecule has 0 radical (unpaired) electrons. The van der Waals surface area contributed by atoms with Crippen LogP contribution in [0.1, 0.15) is 15.5 Å². The smallest absolute Gasteiger partial charge is 0.261 e. The van der Waals surface area contributed by atoms with Crippen LogP contribution in [0.2, 0.25) is 0 Å². The van der Waals surface area contributed by atoms with Gasteiger partial charge in [0.2, 0.25) is 5.91 Å². The fraction of sp³-hybridized carbons (Fsp3) is 0.188. The molecule has 0 spiro atoms. The highest BCUT2D eigenvalue weighted by molar-refractivity contribution is 7.12. The molecule has 0 fully saturated rings. The van der Waals surface area contributed by atoms with Gasteiger partial charge in [-0.3, -0.25) is 9.59 Å². The molecule has 0 aliphatic heterocycles. The van der Waals surface area contributed by atoms with Crippen LogP contribution in [0.3, 0.4) is 0 Å². The first kappa shape index (κ1) is 16.1. The van der Waals surface area contributed by atoms with Crippen molar-refractivity contribution in [3.05, 3.63) is 52.2 Å². The van der Waals surface area contributed by atoms with Crippen LogP contribution in [0.4, 0.5) is 4.39 Å². The molecule has 8 heteroatoms. The van der Waals surface area contributed by atoms with Crippen molar-refractivity contribution in [2.75, 3.05) is 6.54 Å². The first-order valence-corrected chi connectivity index (χ1v) is 8.12. The van der Waals surface area contributed by atoms with E-state index in [1.165, 1.54) is 23.5 Å². The standard InChI is InChI=1S/C16H15FN4O2S/c1-21-12-7-10(17)4-5-11(12)20-14(21)8-18-15(22)9-19-16(23)13-3-2-6-24-13/h2-7H,8-9H2,1H3,(H,18,22)(H,19,23). The summed E-state index contributed by atoms with van der Waals surface area (Å²) in [5.74, 6) is -0.331. The third-order valence-electron chi connectivity index (χ3n) is 3.53. The van der Waals surface area contributed by atoms with Crippen LogP contribution in [0.15, 0.2) is 35.7 Å². The number of carbonyl (C=O) groups is 2. The maximum Gasteiger partial charge on any atom is 0.261 e. The van der Waals surface area contributed by atoms with Crippen molar-refractivity contribution in [2.24, 2.45) is 7.05 Å². The monoisotopic (exact) mass is 346 g/mol. The lowest BCUT2D eigenvalue weighted by atomic mass is 10.3. The minimum Gasteiger partial charge on any atom is -0.347 e. The minimum absolute atomic E-state index is 0.116. The van der Waals surface area contributed by atoms with Gasteiger partial charge in [-0.25, -0.2) is 9.37 Å². The number of aryl methyl sites for hydroxylation is 1. The minimum atomic E-state index is -0.336. The number of nitrogens with one attached hydrogen (secondary N) is 2. The Kier molecular flexibility index (Phi) is 4.57. The molecule has 2 amide bonds. The van der Waals surface area contributed by atoms with Crippen molar-refractivity contribution < 1.29 is 14.0 Å². The predicted molar refractivity (Wildman–Crippen MR) is 89.2 cm³/mol. The number of nitrogens with zero attached hydrogens (tertiary/aromatic N) is 2. The van der Waals surface area contributed by atoms with Crippen LogP contribution in [0, 0.1) is 5.82 Å². The molecule has 0 saturated carbocycles. The van der Waals surface area contributed by atoms with Crippen molar-refractivity contribution in [3.8, 4) is 0 Å². The zero-order valence-corrected chi connectivity index (χ0v) is 13.7. The van der Waals surface area contributed by atoms with E-state index in [1.807, 2.05) is 0 Å². The highest BCUT2D eigenvalue weighted by Gasteiger charge is 2.11. The number of imidazole rings is 1. The van der Waals surface area contributed by atoms with Gasteiger partial charge in [-0.15, -0.1) is 11.3 Å². The molecule has 0 saturated heterocycles. The van der Waals surface area contributed by atoms with E-state index in [0.29, 0.717) is 21.7 Å². The van der Waals surface area contributed by atoms with E-state index in [2.05, 4.69) is 15.6 Å². The molecule has 3 rings (SSSR count). The molecule has 124 valence electrons. The lowest BCUT2D eigenvalue weighted by molar-refractivity contribution is -0.120. The highest BCUT2D eigenvalue weighted by Crippen LogP contribution is 2.16. The summed E-state index contributed by atoms with van der Waals surface area (Å²) < 4.78 is 15.0. The molecule has 2 aromatic heterocycles. The SMILES string of the molecule is Cn1c(CNC(=O)CNC(=O)c2cccs2)nc2ccc(F)cc21. The summed E-state index contributed by atoms with van der Waals surface area (Å²) in [6.07, 6.45) is 0. The number of rotatable bonds is 5. The highest BCUT2D eigenvalue weighted by atomic mass is 32.1. The summed E-state index contributed by atoms with van der Waals surface area (Å²) in [6, 6.07) is 7.80. The van der Waals surface area contributed by atoms with Crippen LogP contribution in [-0.4, -0.2) is 27.9 Å². The molecular weight excluding hydrogens is 331 g/mol. The Hall–Kier alpha value is -2.74. The van der Waals surface area contributed by atoms with Gasteiger partial charge in [0.1, 0.15) is 11.6 Å². The number of fused-ring (bicyclic) bond motifs is 1. The molecule has 0 unspecified atom stereocenters. The first-order valence-electron chi connectivity index (χ1n) is 7.24.